The lowest BCUT2D eigenvalue weighted by molar-refractivity contribution is 0.207. The molecular weight excluding hydrogens is 459 g/mol. The summed E-state index contributed by atoms with van der Waals surface area (Å²) in [6, 6.07) is 14.8. The first-order valence-electron chi connectivity index (χ1n) is 10.6. The Balaban J connectivity index is 1.80. The molecule has 0 fully saturated rings. The summed E-state index contributed by atoms with van der Waals surface area (Å²) in [6.45, 7) is 9.58. The number of benzene rings is 2. The van der Waals surface area contributed by atoms with Crippen LogP contribution in [0.1, 0.15) is 11.1 Å². The lowest BCUT2D eigenvalue weighted by atomic mass is 10.0. The third kappa shape index (κ3) is 10.1. The Hall–Kier alpha value is -2.00. The molecule has 176 valence electrons. The molecule has 2 amide bonds. The molecule has 11 heteroatoms. The van der Waals surface area contributed by atoms with Crippen molar-refractivity contribution in [2.75, 3.05) is 17.2 Å². The van der Waals surface area contributed by atoms with Gasteiger partial charge < -0.3 is 34.2 Å². The minimum atomic E-state index is -4.09. The maximum atomic E-state index is 12.2. The molecule has 0 aliphatic heterocycles. The van der Waals surface area contributed by atoms with Gasteiger partial charge in [-0.3, -0.25) is 0 Å². The van der Waals surface area contributed by atoms with Crippen LogP contribution in [-0.2, 0) is 21.1 Å². The second-order valence-electron chi connectivity index (χ2n) is 9.21. The standard InChI is InChI=1S/C21H35N3O5Si3/c1-30(2,3)28-31(4,5)29-32(26,27)16-23-21(25)24-20-14-10-18(11-15-20)7-6-17-8-12-19(22)13-9-17/h8-15,26-27H,6-7,16,22H2,1-5H3,(H2,23,24,25). The first-order chi connectivity index (χ1) is 14.7. The van der Waals surface area contributed by atoms with Crippen molar-refractivity contribution in [1.82, 2.24) is 5.32 Å². The molecule has 0 saturated heterocycles. The average Bonchev–Trinajstić information content (AvgIpc) is 2.64. The van der Waals surface area contributed by atoms with E-state index < -0.39 is 31.7 Å². The summed E-state index contributed by atoms with van der Waals surface area (Å²) in [7, 11) is -8.70. The fourth-order valence-corrected chi connectivity index (χ4v) is 13.6. The van der Waals surface area contributed by atoms with Crippen LogP contribution < -0.4 is 16.4 Å². The van der Waals surface area contributed by atoms with Crippen LogP contribution in [0.15, 0.2) is 48.5 Å². The van der Waals surface area contributed by atoms with Crippen molar-refractivity contribution in [3.63, 3.8) is 0 Å². The first kappa shape index (κ1) is 26.3. The van der Waals surface area contributed by atoms with Crippen LogP contribution in [0, 0.1) is 0 Å². The SMILES string of the molecule is C[Si](C)(C)O[Si](C)(C)O[Si](O)(O)CNC(=O)Nc1ccc(CCc2ccc(N)cc2)cc1. The molecule has 0 saturated carbocycles. The third-order valence-corrected chi connectivity index (χ3v) is 12.7. The first-order valence-corrected chi connectivity index (χ1v) is 18.8. The molecule has 2 rings (SSSR count). The van der Waals surface area contributed by atoms with E-state index in [0.29, 0.717) is 5.69 Å². The van der Waals surface area contributed by atoms with Crippen LogP contribution in [0.3, 0.4) is 0 Å². The molecule has 0 atom stereocenters. The van der Waals surface area contributed by atoms with Crippen LogP contribution >= 0.6 is 0 Å². The van der Waals surface area contributed by atoms with E-state index in [1.165, 1.54) is 5.56 Å². The van der Waals surface area contributed by atoms with Gasteiger partial charge in [-0.25, -0.2) is 4.79 Å². The van der Waals surface area contributed by atoms with Crippen molar-refractivity contribution in [3.05, 3.63) is 59.7 Å². The van der Waals surface area contributed by atoms with Crippen LogP contribution in [0.2, 0.25) is 32.7 Å². The molecule has 0 aliphatic rings. The molecule has 0 spiro atoms. The number of hydrogen-bond donors (Lipinski definition) is 5. The van der Waals surface area contributed by atoms with Gasteiger partial charge in [0.2, 0.25) is 0 Å². The number of anilines is 2. The number of amides is 2. The number of nitrogen functional groups attached to an aromatic ring is 1. The van der Waals surface area contributed by atoms with Gasteiger partial charge in [0.1, 0.15) is 0 Å². The quantitative estimate of drug-likeness (QED) is 0.256. The highest BCUT2D eigenvalue weighted by molar-refractivity contribution is 6.84. The molecule has 32 heavy (non-hydrogen) atoms. The number of carbonyl (C=O) groups is 1. The van der Waals surface area contributed by atoms with E-state index in [1.807, 2.05) is 68.2 Å². The van der Waals surface area contributed by atoms with Crippen molar-refractivity contribution in [3.8, 4) is 0 Å². The maximum Gasteiger partial charge on any atom is 0.506 e. The molecule has 2 aromatic carbocycles. The van der Waals surface area contributed by atoms with Crippen LogP contribution in [0.5, 0.6) is 0 Å². The lowest BCUT2D eigenvalue weighted by Crippen LogP contribution is -2.59. The van der Waals surface area contributed by atoms with Crippen molar-refractivity contribution < 1.29 is 22.6 Å². The molecule has 0 heterocycles. The number of nitrogens with one attached hydrogen (secondary N) is 2. The maximum absolute atomic E-state index is 12.2. The van der Waals surface area contributed by atoms with E-state index in [4.69, 9.17) is 14.0 Å². The Bertz CT molecular complexity index is 885. The smallest absolute Gasteiger partial charge is 0.437 e. The summed E-state index contributed by atoms with van der Waals surface area (Å²) in [5.74, 6) is 0. The normalized spacial score (nSPS) is 12.5. The molecule has 2 aromatic rings. The molecule has 0 unspecified atom stereocenters. The number of urea groups is 1. The molecule has 0 aliphatic carbocycles. The molecule has 0 aromatic heterocycles. The topological polar surface area (TPSA) is 126 Å². The Kier molecular flexibility index (Phi) is 8.82. The summed E-state index contributed by atoms with van der Waals surface area (Å²) >= 11 is 0. The van der Waals surface area contributed by atoms with E-state index >= 15 is 0 Å². The monoisotopic (exact) mass is 493 g/mol. The predicted molar refractivity (Wildman–Crippen MR) is 135 cm³/mol. The Labute approximate surface area is 193 Å². The zero-order valence-electron chi connectivity index (χ0n) is 19.4. The van der Waals surface area contributed by atoms with Gasteiger partial charge in [0.25, 0.3) is 0 Å². The Morgan fingerprint density at radius 2 is 1.38 bits per heavy atom. The third-order valence-electron chi connectivity index (χ3n) is 4.33. The summed E-state index contributed by atoms with van der Waals surface area (Å²) in [5, 5.41) is 5.17. The largest absolute Gasteiger partial charge is 0.506 e. The minimum absolute atomic E-state index is 0.357. The number of hydrogen-bond acceptors (Lipinski definition) is 6. The van der Waals surface area contributed by atoms with Gasteiger partial charge in [-0.15, -0.1) is 0 Å². The predicted octanol–water partition coefficient (Wildman–Crippen LogP) is 3.21. The van der Waals surface area contributed by atoms with Gasteiger partial charge in [-0.2, -0.15) is 0 Å². The van der Waals surface area contributed by atoms with E-state index in [1.54, 1.807) is 13.1 Å². The van der Waals surface area contributed by atoms with E-state index in [9.17, 15) is 14.4 Å². The zero-order chi connectivity index (χ0) is 24.0. The second-order valence-corrected chi connectivity index (χ2v) is 19.7. The van der Waals surface area contributed by atoms with Crippen LogP contribution in [0.25, 0.3) is 0 Å². The van der Waals surface area contributed by atoms with Crippen molar-refractivity contribution in [1.29, 1.82) is 0 Å². The molecular formula is C21H35N3O5Si3. The van der Waals surface area contributed by atoms with Crippen molar-refractivity contribution >= 4 is 43.1 Å². The lowest BCUT2D eigenvalue weighted by Gasteiger charge is -2.34. The minimum Gasteiger partial charge on any atom is -0.437 e. The van der Waals surface area contributed by atoms with Gasteiger partial charge in [0.05, 0.1) is 6.17 Å². The Morgan fingerprint density at radius 1 is 0.875 bits per heavy atom. The second kappa shape index (κ2) is 10.7. The van der Waals surface area contributed by atoms with Gasteiger partial charge >= 0.3 is 23.4 Å². The molecule has 0 radical (unpaired) electrons. The summed E-state index contributed by atoms with van der Waals surface area (Å²) in [4.78, 5) is 32.7. The number of rotatable bonds is 10. The van der Waals surface area contributed by atoms with Crippen LogP contribution in [-0.4, -0.2) is 47.5 Å². The van der Waals surface area contributed by atoms with Crippen molar-refractivity contribution in [2.45, 2.75) is 45.6 Å². The number of carbonyl (C=O) groups excluding carboxylic acids is 1. The highest BCUT2D eigenvalue weighted by Gasteiger charge is 2.43. The van der Waals surface area contributed by atoms with Gasteiger partial charge in [0, 0.05) is 11.4 Å². The fraction of sp³-hybridized carbons (Fsp3) is 0.381. The fourth-order valence-electron chi connectivity index (χ4n) is 3.29. The highest BCUT2D eigenvalue weighted by atomic mass is 28.5. The van der Waals surface area contributed by atoms with E-state index in [2.05, 4.69) is 10.6 Å². The Morgan fingerprint density at radius 3 is 1.88 bits per heavy atom. The molecule has 0 bridgehead atoms. The molecule has 8 nitrogen and oxygen atoms in total. The van der Waals surface area contributed by atoms with Gasteiger partial charge in [-0.1, -0.05) is 24.3 Å². The number of aryl methyl sites for hydroxylation is 2. The van der Waals surface area contributed by atoms with Gasteiger partial charge in [0.15, 0.2) is 8.32 Å². The van der Waals surface area contributed by atoms with E-state index in [-0.39, 0.29) is 6.17 Å². The highest BCUT2D eigenvalue weighted by Crippen LogP contribution is 2.18. The van der Waals surface area contributed by atoms with E-state index in [0.717, 1.165) is 24.1 Å². The summed E-state index contributed by atoms with van der Waals surface area (Å²) in [6.07, 6.45) is 1.41. The summed E-state index contributed by atoms with van der Waals surface area (Å²) < 4.78 is 11.5. The zero-order valence-corrected chi connectivity index (χ0v) is 22.4. The van der Waals surface area contributed by atoms with Crippen LogP contribution in [0.4, 0.5) is 16.2 Å². The average molecular weight is 494 g/mol. The van der Waals surface area contributed by atoms with Crippen molar-refractivity contribution in [2.24, 2.45) is 0 Å². The molecule has 6 N–H and O–H groups in total. The van der Waals surface area contributed by atoms with Gasteiger partial charge in [-0.05, 0) is 81.0 Å². The summed E-state index contributed by atoms with van der Waals surface area (Å²) in [5.41, 5.74) is 9.43. The number of nitrogens with two attached hydrogens (primary N) is 1.